The minimum absolute atomic E-state index is 0.0423. The first-order valence-electron chi connectivity index (χ1n) is 6.75. The van der Waals surface area contributed by atoms with Crippen LogP contribution in [0, 0.1) is 13.8 Å². The van der Waals surface area contributed by atoms with Crippen molar-refractivity contribution >= 4 is 5.91 Å². The summed E-state index contributed by atoms with van der Waals surface area (Å²) in [7, 11) is 0. The van der Waals surface area contributed by atoms with Crippen LogP contribution in [0.15, 0.2) is 10.6 Å². The van der Waals surface area contributed by atoms with Gasteiger partial charge < -0.3 is 9.42 Å². The summed E-state index contributed by atoms with van der Waals surface area (Å²) in [5, 5.41) is 10.8. The van der Waals surface area contributed by atoms with E-state index < -0.39 is 0 Å². The van der Waals surface area contributed by atoms with Crippen molar-refractivity contribution in [3.63, 3.8) is 0 Å². The van der Waals surface area contributed by atoms with Gasteiger partial charge in [0.15, 0.2) is 5.82 Å². The van der Waals surface area contributed by atoms with Crippen molar-refractivity contribution in [3.8, 4) is 0 Å². The van der Waals surface area contributed by atoms with Gasteiger partial charge in [-0.05, 0) is 25.8 Å². The van der Waals surface area contributed by atoms with Gasteiger partial charge in [-0.1, -0.05) is 5.16 Å². The first-order valence-corrected chi connectivity index (χ1v) is 6.75. The molecule has 1 unspecified atom stereocenters. The van der Waals surface area contributed by atoms with E-state index in [1.807, 2.05) is 11.8 Å². The third-order valence-electron chi connectivity index (χ3n) is 3.54. The molecule has 0 bridgehead atoms. The van der Waals surface area contributed by atoms with Crippen molar-refractivity contribution in [3.05, 3.63) is 29.2 Å². The summed E-state index contributed by atoms with van der Waals surface area (Å²) in [6.07, 6.45) is 1.91. The van der Waals surface area contributed by atoms with Crippen molar-refractivity contribution in [2.24, 2.45) is 0 Å². The zero-order chi connectivity index (χ0) is 14.1. The highest BCUT2D eigenvalue weighted by Crippen LogP contribution is 2.25. The van der Waals surface area contributed by atoms with Gasteiger partial charge in [0.1, 0.15) is 5.69 Å². The molecular formula is C13H17N5O2. The molecule has 1 aliphatic rings. The van der Waals surface area contributed by atoms with Crippen molar-refractivity contribution in [1.82, 2.24) is 25.2 Å². The van der Waals surface area contributed by atoms with Crippen molar-refractivity contribution < 1.29 is 9.32 Å². The van der Waals surface area contributed by atoms with Gasteiger partial charge >= 0.3 is 0 Å². The Labute approximate surface area is 116 Å². The smallest absolute Gasteiger partial charge is 0.274 e. The maximum Gasteiger partial charge on any atom is 0.274 e. The molecule has 1 saturated heterocycles. The Morgan fingerprint density at radius 1 is 1.50 bits per heavy atom. The van der Waals surface area contributed by atoms with Crippen LogP contribution < -0.4 is 0 Å². The molecule has 1 atom stereocenters. The van der Waals surface area contributed by atoms with Gasteiger partial charge in [-0.25, -0.2) is 0 Å². The van der Waals surface area contributed by atoms with Crippen LogP contribution in [-0.4, -0.2) is 44.2 Å². The van der Waals surface area contributed by atoms with E-state index in [4.69, 9.17) is 4.52 Å². The summed E-state index contributed by atoms with van der Waals surface area (Å²) in [4.78, 5) is 18.5. The molecule has 1 aliphatic heterocycles. The molecule has 2 aromatic heterocycles. The Kier molecular flexibility index (Phi) is 3.25. The van der Waals surface area contributed by atoms with E-state index in [1.54, 1.807) is 13.0 Å². The number of aromatic amines is 1. The fourth-order valence-corrected chi connectivity index (χ4v) is 2.54. The monoisotopic (exact) mass is 275 g/mol. The highest BCUT2D eigenvalue weighted by molar-refractivity contribution is 5.92. The van der Waals surface area contributed by atoms with E-state index in [-0.39, 0.29) is 11.8 Å². The Morgan fingerprint density at radius 3 is 3.00 bits per heavy atom. The average Bonchev–Trinajstić information content (AvgIpc) is 3.07. The van der Waals surface area contributed by atoms with Gasteiger partial charge in [0.05, 0.1) is 0 Å². The number of carbonyl (C=O) groups excluding carboxylic acids is 1. The molecule has 0 aliphatic carbocycles. The number of piperidine rings is 1. The summed E-state index contributed by atoms with van der Waals surface area (Å²) in [6.45, 7) is 5.02. The second-order valence-corrected chi connectivity index (χ2v) is 5.20. The first kappa shape index (κ1) is 12.8. The Hall–Kier alpha value is -2.18. The number of nitrogens with one attached hydrogen (secondary N) is 1. The zero-order valence-corrected chi connectivity index (χ0v) is 11.6. The molecular weight excluding hydrogens is 258 g/mol. The third-order valence-corrected chi connectivity index (χ3v) is 3.54. The number of aromatic nitrogens is 4. The van der Waals surface area contributed by atoms with Crippen LogP contribution >= 0.6 is 0 Å². The molecule has 0 saturated carbocycles. The lowest BCUT2D eigenvalue weighted by atomic mass is 9.97. The van der Waals surface area contributed by atoms with E-state index in [0.29, 0.717) is 24.0 Å². The van der Waals surface area contributed by atoms with E-state index in [1.165, 1.54) is 0 Å². The first-order chi connectivity index (χ1) is 9.63. The standard InChI is InChI=1S/C13H17N5O2/c1-8-6-11(16-15-8)13(19)18-5-3-4-10(7-18)12-14-9(2)20-17-12/h6,10H,3-5,7H2,1-2H3,(H,15,16). The molecule has 0 radical (unpaired) electrons. The van der Waals surface area contributed by atoms with Crippen LogP contribution in [0.2, 0.25) is 0 Å². The number of nitrogens with zero attached hydrogens (tertiary/aromatic N) is 4. The Morgan fingerprint density at radius 2 is 2.35 bits per heavy atom. The van der Waals surface area contributed by atoms with Crippen LogP contribution in [0.5, 0.6) is 0 Å². The van der Waals surface area contributed by atoms with Gasteiger partial charge in [-0.15, -0.1) is 0 Å². The van der Waals surface area contributed by atoms with Crippen LogP contribution in [0.4, 0.5) is 0 Å². The lowest BCUT2D eigenvalue weighted by Crippen LogP contribution is -2.39. The minimum Gasteiger partial charge on any atom is -0.340 e. The maximum atomic E-state index is 12.4. The number of aryl methyl sites for hydroxylation is 2. The lowest BCUT2D eigenvalue weighted by molar-refractivity contribution is 0.0697. The predicted octanol–water partition coefficient (Wildman–Crippen LogP) is 1.43. The number of amides is 1. The SMILES string of the molecule is Cc1cc(C(=O)N2CCCC(c3noc(C)n3)C2)n[nH]1. The fraction of sp³-hybridized carbons (Fsp3) is 0.538. The summed E-state index contributed by atoms with van der Waals surface area (Å²) in [5.74, 6) is 1.36. The van der Waals surface area contributed by atoms with Gasteiger partial charge in [-0.2, -0.15) is 10.1 Å². The topological polar surface area (TPSA) is 87.9 Å². The summed E-state index contributed by atoms with van der Waals surface area (Å²) in [5.41, 5.74) is 1.35. The molecule has 0 aromatic carbocycles. The van der Waals surface area contributed by atoms with Crippen molar-refractivity contribution in [2.75, 3.05) is 13.1 Å². The molecule has 3 rings (SSSR count). The predicted molar refractivity (Wildman–Crippen MR) is 70.2 cm³/mol. The van der Waals surface area contributed by atoms with Crippen molar-refractivity contribution in [1.29, 1.82) is 0 Å². The highest BCUT2D eigenvalue weighted by atomic mass is 16.5. The Balaban J connectivity index is 1.73. The Bertz CT molecular complexity index is 618. The summed E-state index contributed by atoms with van der Waals surface area (Å²) >= 11 is 0. The van der Waals surface area contributed by atoms with Gasteiger partial charge in [0.25, 0.3) is 5.91 Å². The number of hydrogen-bond donors (Lipinski definition) is 1. The molecule has 1 fully saturated rings. The van der Waals surface area contributed by atoms with Crippen LogP contribution in [0.3, 0.4) is 0 Å². The third kappa shape index (κ3) is 2.43. The number of hydrogen-bond acceptors (Lipinski definition) is 5. The quantitative estimate of drug-likeness (QED) is 0.895. The summed E-state index contributed by atoms with van der Waals surface area (Å²) in [6, 6.07) is 1.77. The minimum atomic E-state index is -0.0423. The fourth-order valence-electron chi connectivity index (χ4n) is 2.54. The number of carbonyl (C=O) groups is 1. The van der Waals surface area contributed by atoms with E-state index in [9.17, 15) is 4.79 Å². The van der Waals surface area contributed by atoms with Crippen LogP contribution in [0.25, 0.3) is 0 Å². The molecule has 7 nitrogen and oxygen atoms in total. The molecule has 20 heavy (non-hydrogen) atoms. The number of likely N-dealkylation sites (tertiary alicyclic amines) is 1. The number of rotatable bonds is 2. The highest BCUT2D eigenvalue weighted by Gasteiger charge is 2.29. The van der Waals surface area contributed by atoms with Gasteiger partial charge in [0.2, 0.25) is 5.89 Å². The zero-order valence-electron chi connectivity index (χ0n) is 11.6. The molecule has 1 amide bonds. The molecule has 106 valence electrons. The van der Waals surface area contributed by atoms with Crippen LogP contribution in [-0.2, 0) is 0 Å². The second-order valence-electron chi connectivity index (χ2n) is 5.20. The molecule has 0 spiro atoms. The molecule has 2 aromatic rings. The van der Waals surface area contributed by atoms with Crippen LogP contribution in [0.1, 0.15) is 46.7 Å². The van der Waals surface area contributed by atoms with Gasteiger partial charge in [-0.3, -0.25) is 9.89 Å². The lowest BCUT2D eigenvalue weighted by Gasteiger charge is -2.30. The molecule has 1 N–H and O–H groups in total. The average molecular weight is 275 g/mol. The van der Waals surface area contributed by atoms with Gasteiger partial charge in [0, 0.05) is 31.6 Å². The molecule has 7 heteroatoms. The van der Waals surface area contributed by atoms with E-state index in [2.05, 4.69) is 20.3 Å². The number of H-pyrrole nitrogens is 1. The maximum absolute atomic E-state index is 12.4. The second kappa shape index (κ2) is 5.07. The largest absolute Gasteiger partial charge is 0.340 e. The summed E-state index contributed by atoms with van der Waals surface area (Å²) < 4.78 is 5.02. The van der Waals surface area contributed by atoms with Crippen molar-refractivity contribution in [2.45, 2.75) is 32.6 Å². The normalized spacial score (nSPS) is 19.3. The molecule has 3 heterocycles. The van der Waals surface area contributed by atoms with E-state index in [0.717, 1.165) is 25.1 Å². The van der Waals surface area contributed by atoms with E-state index >= 15 is 0 Å².